The molecule has 7 nitrogen and oxygen atoms in total. The highest BCUT2D eigenvalue weighted by atomic mass is 32.2. The maximum Gasteiger partial charge on any atom is 0.241 e. The highest BCUT2D eigenvalue weighted by Crippen LogP contribution is 2.22. The molecule has 1 aromatic heterocycles. The number of piperazine rings is 1. The van der Waals surface area contributed by atoms with Crippen molar-refractivity contribution < 1.29 is 13.5 Å². The number of anilines is 1. The zero-order valence-electron chi connectivity index (χ0n) is 10.6. The minimum absolute atomic E-state index is 0.0607. The van der Waals surface area contributed by atoms with Crippen molar-refractivity contribution in [2.75, 3.05) is 44.2 Å². The van der Waals surface area contributed by atoms with E-state index in [0.717, 1.165) is 13.1 Å². The molecule has 106 valence electrons. The second-order valence-electron chi connectivity index (χ2n) is 4.42. The molecule has 0 amide bonds. The van der Waals surface area contributed by atoms with Crippen molar-refractivity contribution >= 4 is 15.8 Å². The summed E-state index contributed by atoms with van der Waals surface area (Å²) >= 11 is 0. The van der Waals surface area contributed by atoms with E-state index >= 15 is 0 Å². The minimum Gasteiger partial charge on any atom is -0.395 e. The van der Waals surface area contributed by atoms with Crippen molar-refractivity contribution in [1.82, 2.24) is 9.88 Å². The Hall–Kier alpha value is -1.22. The van der Waals surface area contributed by atoms with Gasteiger partial charge in [-0.15, -0.1) is 0 Å². The van der Waals surface area contributed by atoms with E-state index in [9.17, 15) is 8.42 Å². The summed E-state index contributed by atoms with van der Waals surface area (Å²) < 4.78 is 23.1. The molecular weight excluding hydrogens is 268 g/mol. The van der Waals surface area contributed by atoms with Crippen LogP contribution in [-0.2, 0) is 10.0 Å². The number of sulfonamides is 1. The molecule has 19 heavy (non-hydrogen) atoms. The Bertz CT molecular complexity index is 526. The van der Waals surface area contributed by atoms with Gasteiger partial charge in [-0.05, 0) is 12.1 Å². The fraction of sp³-hybridized carbons (Fsp3) is 0.545. The highest BCUT2D eigenvalue weighted by molar-refractivity contribution is 7.89. The van der Waals surface area contributed by atoms with Gasteiger partial charge in [-0.25, -0.2) is 18.5 Å². The Labute approximate surface area is 112 Å². The van der Waals surface area contributed by atoms with Gasteiger partial charge in [-0.2, -0.15) is 0 Å². The van der Waals surface area contributed by atoms with Crippen molar-refractivity contribution in [3.05, 3.63) is 18.3 Å². The molecule has 1 fully saturated rings. The highest BCUT2D eigenvalue weighted by Gasteiger charge is 2.23. The third-order valence-corrected chi connectivity index (χ3v) is 4.08. The van der Waals surface area contributed by atoms with Gasteiger partial charge in [0.15, 0.2) is 0 Å². The van der Waals surface area contributed by atoms with E-state index in [2.05, 4.69) is 9.88 Å². The van der Waals surface area contributed by atoms with Gasteiger partial charge in [0.25, 0.3) is 0 Å². The van der Waals surface area contributed by atoms with Crippen molar-refractivity contribution in [3.8, 4) is 0 Å². The topological polar surface area (TPSA) is 99.8 Å². The zero-order chi connectivity index (χ0) is 13.9. The number of rotatable bonds is 4. The number of aliphatic hydroxyl groups is 1. The van der Waals surface area contributed by atoms with Crippen LogP contribution in [-0.4, -0.2) is 62.7 Å². The lowest BCUT2D eigenvalue weighted by Gasteiger charge is -2.35. The quantitative estimate of drug-likeness (QED) is 0.724. The Morgan fingerprint density at radius 2 is 2.00 bits per heavy atom. The van der Waals surface area contributed by atoms with E-state index in [1.807, 2.05) is 4.90 Å². The molecule has 0 bridgehead atoms. The van der Waals surface area contributed by atoms with Gasteiger partial charge in [0.2, 0.25) is 10.0 Å². The number of nitrogens with zero attached hydrogens (tertiary/aromatic N) is 3. The maximum atomic E-state index is 11.5. The number of aromatic nitrogens is 1. The van der Waals surface area contributed by atoms with Crippen LogP contribution in [0.15, 0.2) is 23.2 Å². The molecule has 2 rings (SSSR count). The summed E-state index contributed by atoms with van der Waals surface area (Å²) in [7, 11) is -3.76. The van der Waals surface area contributed by atoms with E-state index in [0.29, 0.717) is 25.5 Å². The molecule has 0 unspecified atom stereocenters. The van der Waals surface area contributed by atoms with E-state index in [-0.39, 0.29) is 11.5 Å². The lowest BCUT2D eigenvalue weighted by molar-refractivity contribution is 0.188. The predicted molar refractivity (Wildman–Crippen MR) is 71.3 cm³/mol. The second-order valence-corrected chi connectivity index (χ2v) is 5.95. The molecule has 3 N–H and O–H groups in total. The second kappa shape index (κ2) is 5.83. The van der Waals surface area contributed by atoms with Crippen molar-refractivity contribution in [3.63, 3.8) is 0 Å². The summed E-state index contributed by atoms with van der Waals surface area (Å²) in [6.07, 6.45) is 1.56. The number of primary sulfonamides is 1. The van der Waals surface area contributed by atoms with Crippen molar-refractivity contribution in [2.45, 2.75) is 4.90 Å². The standard InChI is InChI=1S/C11H18N4O3S/c12-19(17,18)10-2-1-3-13-11(10)15-6-4-14(5-7-15)8-9-16/h1-3,16H,4-9H2,(H2,12,17,18). The Morgan fingerprint density at radius 1 is 1.32 bits per heavy atom. The average Bonchev–Trinajstić information content (AvgIpc) is 2.39. The first-order chi connectivity index (χ1) is 9.02. The van der Waals surface area contributed by atoms with E-state index < -0.39 is 10.0 Å². The lowest BCUT2D eigenvalue weighted by Crippen LogP contribution is -2.47. The van der Waals surface area contributed by atoms with Crippen LogP contribution in [0.2, 0.25) is 0 Å². The first-order valence-electron chi connectivity index (χ1n) is 6.08. The minimum atomic E-state index is -3.76. The predicted octanol–water partition coefficient (Wildman–Crippen LogP) is -1.16. The molecule has 0 radical (unpaired) electrons. The summed E-state index contributed by atoms with van der Waals surface area (Å²) in [5.74, 6) is 0.411. The summed E-state index contributed by atoms with van der Waals surface area (Å²) in [4.78, 5) is 8.23. The molecule has 8 heteroatoms. The first-order valence-corrected chi connectivity index (χ1v) is 7.63. The number of β-amino-alcohol motifs (C(OH)–C–C–N with tert-alkyl or cyclic N) is 1. The number of hydrogen-bond donors (Lipinski definition) is 2. The first kappa shape index (κ1) is 14.2. The summed E-state index contributed by atoms with van der Waals surface area (Å²) in [6.45, 7) is 3.63. The molecule has 1 saturated heterocycles. The number of nitrogens with two attached hydrogens (primary N) is 1. The van der Waals surface area contributed by atoms with Crippen LogP contribution in [0.25, 0.3) is 0 Å². The third-order valence-electron chi connectivity index (χ3n) is 3.15. The molecular formula is C11H18N4O3S. The number of hydrogen-bond acceptors (Lipinski definition) is 6. The largest absolute Gasteiger partial charge is 0.395 e. The monoisotopic (exact) mass is 286 g/mol. The Kier molecular flexibility index (Phi) is 4.35. The molecule has 0 atom stereocenters. The summed E-state index contributed by atoms with van der Waals surface area (Å²) in [5, 5.41) is 14.1. The average molecular weight is 286 g/mol. The van der Waals surface area contributed by atoms with Crippen molar-refractivity contribution in [2.24, 2.45) is 5.14 Å². The number of aliphatic hydroxyl groups excluding tert-OH is 1. The molecule has 0 aliphatic carbocycles. The van der Waals surface area contributed by atoms with Gasteiger partial charge in [0.05, 0.1) is 6.61 Å². The fourth-order valence-corrected chi connectivity index (χ4v) is 2.87. The third kappa shape index (κ3) is 3.41. The van der Waals surface area contributed by atoms with Crippen LogP contribution in [0, 0.1) is 0 Å². The smallest absolute Gasteiger partial charge is 0.241 e. The van der Waals surface area contributed by atoms with Gasteiger partial charge >= 0.3 is 0 Å². The van der Waals surface area contributed by atoms with Crippen LogP contribution in [0.4, 0.5) is 5.82 Å². The van der Waals surface area contributed by atoms with E-state index in [4.69, 9.17) is 10.2 Å². The molecule has 2 heterocycles. The van der Waals surface area contributed by atoms with Crippen molar-refractivity contribution in [1.29, 1.82) is 0 Å². The van der Waals surface area contributed by atoms with Gasteiger partial charge in [-0.3, -0.25) is 4.90 Å². The Morgan fingerprint density at radius 3 is 2.58 bits per heavy atom. The lowest BCUT2D eigenvalue weighted by atomic mass is 10.3. The molecule has 1 aliphatic heterocycles. The van der Waals surface area contributed by atoms with Gasteiger partial charge in [0, 0.05) is 38.9 Å². The van der Waals surface area contributed by atoms with Crippen LogP contribution in [0.5, 0.6) is 0 Å². The summed E-state index contributed by atoms with van der Waals surface area (Å²) in [5.41, 5.74) is 0. The molecule has 0 spiro atoms. The molecule has 1 aromatic rings. The number of pyridine rings is 1. The molecule has 0 saturated carbocycles. The molecule has 0 aromatic carbocycles. The van der Waals surface area contributed by atoms with Gasteiger partial charge in [-0.1, -0.05) is 0 Å². The van der Waals surface area contributed by atoms with Crippen LogP contribution in [0.3, 0.4) is 0 Å². The van der Waals surface area contributed by atoms with Crippen LogP contribution in [0.1, 0.15) is 0 Å². The Balaban J connectivity index is 2.16. The fourth-order valence-electron chi connectivity index (χ4n) is 2.17. The normalized spacial score (nSPS) is 17.7. The van der Waals surface area contributed by atoms with Gasteiger partial charge < -0.3 is 10.0 Å². The van der Waals surface area contributed by atoms with E-state index in [1.54, 1.807) is 12.3 Å². The van der Waals surface area contributed by atoms with E-state index in [1.165, 1.54) is 6.07 Å². The van der Waals surface area contributed by atoms with Crippen LogP contribution < -0.4 is 10.0 Å². The van der Waals surface area contributed by atoms with Gasteiger partial charge in [0.1, 0.15) is 10.7 Å². The zero-order valence-corrected chi connectivity index (χ0v) is 11.4. The maximum absolute atomic E-state index is 11.5. The molecule has 1 aliphatic rings. The SMILES string of the molecule is NS(=O)(=O)c1cccnc1N1CCN(CCO)CC1. The van der Waals surface area contributed by atoms with Crippen LogP contribution >= 0.6 is 0 Å². The summed E-state index contributed by atoms with van der Waals surface area (Å²) in [6, 6.07) is 3.03.